The second-order valence-electron chi connectivity index (χ2n) is 4.76. The SMILES string of the molecule is COc1ccc(N=Nc2ccc(N(C)C)cc2C)cc1. The second-order valence-corrected chi connectivity index (χ2v) is 4.76. The van der Waals surface area contributed by atoms with Gasteiger partial charge >= 0.3 is 0 Å². The van der Waals surface area contributed by atoms with Crippen molar-refractivity contribution < 1.29 is 4.74 Å². The fourth-order valence-electron chi connectivity index (χ4n) is 1.79. The van der Waals surface area contributed by atoms with Gasteiger partial charge in [-0.1, -0.05) is 0 Å². The molecule has 2 aromatic rings. The lowest BCUT2D eigenvalue weighted by molar-refractivity contribution is 0.415. The van der Waals surface area contributed by atoms with Crippen molar-refractivity contribution in [2.45, 2.75) is 6.92 Å². The molecular weight excluding hydrogens is 250 g/mol. The molecule has 0 N–H and O–H groups in total. The number of hydrogen-bond acceptors (Lipinski definition) is 4. The maximum atomic E-state index is 5.11. The summed E-state index contributed by atoms with van der Waals surface area (Å²) < 4.78 is 5.11. The van der Waals surface area contributed by atoms with Crippen molar-refractivity contribution in [3.8, 4) is 5.75 Å². The van der Waals surface area contributed by atoms with Crippen molar-refractivity contribution in [3.05, 3.63) is 48.0 Å². The molecule has 0 bridgehead atoms. The lowest BCUT2D eigenvalue weighted by Gasteiger charge is -2.13. The predicted octanol–water partition coefficient (Wildman–Crippen LogP) is 4.49. The number of benzene rings is 2. The highest BCUT2D eigenvalue weighted by Crippen LogP contribution is 2.26. The number of methoxy groups -OCH3 is 1. The molecule has 0 saturated heterocycles. The Morgan fingerprint density at radius 2 is 1.65 bits per heavy atom. The molecule has 4 heteroatoms. The first-order valence-corrected chi connectivity index (χ1v) is 6.44. The molecule has 0 aromatic heterocycles. The third-order valence-electron chi connectivity index (χ3n) is 3.04. The summed E-state index contributed by atoms with van der Waals surface area (Å²) in [4.78, 5) is 2.07. The van der Waals surface area contributed by atoms with Gasteiger partial charge in [-0.2, -0.15) is 10.2 Å². The zero-order chi connectivity index (χ0) is 14.5. The highest BCUT2D eigenvalue weighted by molar-refractivity contribution is 5.57. The first-order valence-electron chi connectivity index (χ1n) is 6.44. The molecule has 2 aromatic carbocycles. The fourth-order valence-corrected chi connectivity index (χ4v) is 1.79. The van der Waals surface area contributed by atoms with Gasteiger partial charge in [-0.3, -0.25) is 0 Å². The van der Waals surface area contributed by atoms with Gasteiger partial charge in [0, 0.05) is 19.8 Å². The van der Waals surface area contributed by atoms with Crippen LogP contribution >= 0.6 is 0 Å². The van der Waals surface area contributed by atoms with E-state index in [4.69, 9.17) is 4.74 Å². The summed E-state index contributed by atoms with van der Waals surface area (Å²) in [6.07, 6.45) is 0. The predicted molar refractivity (Wildman–Crippen MR) is 82.7 cm³/mol. The number of aryl methyl sites for hydroxylation is 1. The van der Waals surface area contributed by atoms with Crippen LogP contribution in [0.25, 0.3) is 0 Å². The lowest BCUT2D eigenvalue weighted by atomic mass is 10.2. The van der Waals surface area contributed by atoms with E-state index in [1.165, 1.54) is 0 Å². The van der Waals surface area contributed by atoms with Crippen molar-refractivity contribution in [1.29, 1.82) is 0 Å². The normalized spacial score (nSPS) is 10.8. The van der Waals surface area contributed by atoms with Gasteiger partial charge in [-0.15, -0.1) is 0 Å². The van der Waals surface area contributed by atoms with E-state index in [-0.39, 0.29) is 0 Å². The molecular formula is C16H19N3O. The van der Waals surface area contributed by atoms with Gasteiger partial charge in [0.1, 0.15) is 5.75 Å². The highest BCUT2D eigenvalue weighted by Gasteiger charge is 2.00. The summed E-state index contributed by atoms with van der Waals surface area (Å²) in [5.41, 5.74) is 3.95. The van der Waals surface area contributed by atoms with Crippen LogP contribution in [0.4, 0.5) is 17.1 Å². The molecule has 2 rings (SSSR count). The average molecular weight is 269 g/mol. The minimum atomic E-state index is 0.807. The number of ether oxygens (including phenoxy) is 1. The topological polar surface area (TPSA) is 37.2 Å². The van der Waals surface area contributed by atoms with E-state index in [9.17, 15) is 0 Å². The minimum absolute atomic E-state index is 0.807. The molecule has 0 heterocycles. The van der Waals surface area contributed by atoms with Crippen LogP contribution in [-0.2, 0) is 0 Å². The molecule has 0 aliphatic heterocycles. The van der Waals surface area contributed by atoms with Gasteiger partial charge < -0.3 is 9.64 Å². The van der Waals surface area contributed by atoms with Crippen LogP contribution in [0.1, 0.15) is 5.56 Å². The zero-order valence-electron chi connectivity index (χ0n) is 12.3. The van der Waals surface area contributed by atoms with Crippen LogP contribution in [0.15, 0.2) is 52.7 Å². The largest absolute Gasteiger partial charge is 0.497 e. The van der Waals surface area contributed by atoms with E-state index >= 15 is 0 Å². The molecule has 104 valence electrons. The molecule has 0 unspecified atom stereocenters. The molecule has 0 fully saturated rings. The molecule has 0 atom stereocenters. The second kappa shape index (κ2) is 6.19. The summed E-state index contributed by atoms with van der Waals surface area (Å²) in [7, 11) is 5.69. The number of azo groups is 1. The van der Waals surface area contributed by atoms with Crippen LogP contribution in [-0.4, -0.2) is 21.2 Å². The van der Waals surface area contributed by atoms with E-state index in [2.05, 4.69) is 21.2 Å². The van der Waals surface area contributed by atoms with E-state index in [0.29, 0.717) is 0 Å². The van der Waals surface area contributed by atoms with Crippen molar-refractivity contribution in [2.24, 2.45) is 10.2 Å². The van der Waals surface area contributed by atoms with Gasteiger partial charge in [0.05, 0.1) is 18.5 Å². The molecule has 20 heavy (non-hydrogen) atoms. The standard InChI is InChI=1S/C16H19N3O/c1-12-11-14(19(2)3)7-10-16(12)18-17-13-5-8-15(20-4)9-6-13/h5-11H,1-4H3. The summed E-state index contributed by atoms with van der Waals surface area (Å²) >= 11 is 0. The Morgan fingerprint density at radius 1 is 0.950 bits per heavy atom. The average Bonchev–Trinajstić information content (AvgIpc) is 2.46. The summed E-state index contributed by atoms with van der Waals surface area (Å²) in [6, 6.07) is 13.6. The maximum Gasteiger partial charge on any atom is 0.119 e. The van der Waals surface area contributed by atoms with Crippen molar-refractivity contribution in [3.63, 3.8) is 0 Å². The van der Waals surface area contributed by atoms with Gasteiger partial charge in [0.2, 0.25) is 0 Å². The lowest BCUT2D eigenvalue weighted by Crippen LogP contribution is -2.08. The Kier molecular flexibility index (Phi) is 4.35. The van der Waals surface area contributed by atoms with Crippen LogP contribution in [0.3, 0.4) is 0 Å². The smallest absolute Gasteiger partial charge is 0.119 e. The first-order chi connectivity index (χ1) is 9.60. The Morgan fingerprint density at radius 3 is 2.20 bits per heavy atom. The Balaban J connectivity index is 2.18. The van der Waals surface area contributed by atoms with Gasteiger partial charge in [0.15, 0.2) is 0 Å². The molecule has 0 saturated carbocycles. The highest BCUT2D eigenvalue weighted by atomic mass is 16.5. The van der Waals surface area contributed by atoms with E-state index in [1.807, 2.05) is 57.4 Å². The molecule has 4 nitrogen and oxygen atoms in total. The molecule has 0 amide bonds. The summed E-state index contributed by atoms with van der Waals surface area (Å²) in [5, 5.41) is 8.54. The third kappa shape index (κ3) is 3.35. The number of hydrogen-bond donors (Lipinski definition) is 0. The third-order valence-corrected chi connectivity index (χ3v) is 3.04. The quantitative estimate of drug-likeness (QED) is 0.767. The number of nitrogens with zero attached hydrogens (tertiary/aromatic N) is 3. The van der Waals surface area contributed by atoms with Gasteiger partial charge in [0.25, 0.3) is 0 Å². The van der Waals surface area contributed by atoms with Crippen LogP contribution in [0.2, 0.25) is 0 Å². The Bertz CT molecular complexity index is 604. The molecule has 0 aliphatic rings. The van der Waals surface area contributed by atoms with Crippen LogP contribution in [0.5, 0.6) is 5.75 Å². The minimum Gasteiger partial charge on any atom is -0.497 e. The maximum absolute atomic E-state index is 5.11. The number of anilines is 1. The van der Waals surface area contributed by atoms with E-state index in [0.717, 1.165) is 28.4 Å². The fraction of sp³-hybridized carbons (Fsp3) is 0.250. The van der Waals surface area contributed by atoms with Crippen LogP contribution < -0.4 is 9.64 Å². The molecule has 0 radical (unpaired) electrons. The first kappa shape index (κ1) is 14.1. The van der Waals surface area contributed by atoms with Crippen LogP contribution in [0, 0.1) is 6.92 Å². The Hall–Kier alpha value is -2.36. The zero-order valence-corrected chi connectivity index (χ0v) is 12.3. The summed E-state index contributed by atoms with van der Waals surface area (Å²) in [5.74, 6) is 0.815. The molecule has 0 spiro atoms. The van der Waals surface area contributed by atoms with Crippen molar-refractivity contribution >= 4 is 17.1 Å². The van der Waals surface area contributed by atoms with Crippen molar-refractivity contribution in [1.82, 2.24) is 0 Å². The summed E-state index contributed by atoms with van der Waals surface area (Å²) in [6.45, 7) is 2.04. The Labute approximate surface area is 119 Å². The van der Waals surface area contributed by atoms with Gasteiger partial charge in [-0.05, 0) is 55.0 Å². The van der Waals surface area contributed by atoms with E-state index in [1.54, 1.807) is 7.11 Å². The van der Waals surface area contributed by atoms with Gasteiger partial charge in [-0.25, -0.2) is 0 Å². The van der Waals surface area contributed by atoms with Crippen molar-refractivity contribution in [2.75, 3.05) is 26.1 Å². The number of rotatable bonds is 4. The molecule has 0 aliphatic carbocycles. The van der Waals surface area contributed by atoms with E-state index < -0.39 is 0 Å². The monoisotopic (exact) mass is 269 g/mol.